The minimum atomic E-state index is -1.04. The fraction of sp³-hybridized carbons (Fsp3) is 0.100. The number of nitrogens with zero attached hydrogens (tertiary/aromatic N) is 2. The van der Waals surface area contributed by atoms with Crippen molar-refractivity contribution in [2.45, 2.75) is 6.92 Å². The molecule has 1 aromatic heterocycles. The van der Waals surface area contributed by atoms with Gasteiger partial charge in [0.1, 0.15) is 0 Å². The van der Waals surface area contributed by atoms with Crippen LogP contribution in [0, 0.1) is 15.7 Å². The molecule has 0 amide bonds. The van der Waals surface area contributed by atoms with Crippen molar-refractivity contribution in [3.05, 3.63) is 50.0 Å². The number of benzene rings is 1. The van der Waals surface area contributed by atoms with Gasteiger partial charge < -0.3 is 0 Å². The molecule has 5 nitrogen and oxygen atoms in total. The van der Waals surface area contributed by atoms with Crippen molar-refractivity contribution < 1.29 is 30.1 Å². The number of aryl methyl sites for hydroxylation is 1. The van der Waals surface area contributed by atoms with E-state index in [1.165, 1.54) is 0 Å². The Hall–Kier alpha value is -0.670. The van der Waals surface area contributed by atoms with Crippen LogP contribution in [0.2, 0.25) is 5.02 Å². The third kappa shape index (κ3) is 2.96. The molecule has 0 fully saturated rings. The van der Waals surface area contributed by atoms with Crippen LogP contribution in [0.1, 0.15) is 5.56 Å². The minimum absolute atomic E-state index is 0.532. The van der Waals surface area contributed by atoms with E-state index >= 15 is 0 Å². The molecule has 92 valence electrons. The molecule has 0 aliphatic carbocycles. The molecule has 7 heteroatoms. The van der Waals surface area contributed by atoms with Crippen molar-refractivity contribution in [1.29, 1.82) is 0 Å². The normalized spacial score (nSPS) is 12.9. The van der Waals surface area contributed by atoms with Gasteiger partial charge in [-0.2, -0.15) is 0 Å². The first kappa shape index (κ1) is 12.8. The van der Waals surface area contributed by atoms with Crippen LogP contribution in [0.5, 0.6) is 0 Å². The van der Waals surface area contributed by atoms with Gasteiger partial charge in [0.25, 0.3) is 0 Å². The summed E-state index contributed by atoms with van der Waals surface area (Å²) < 4.78 is 1.72. The van der Waals surface area contributed by atoms with E-state index < -0.39 is 24.9 Å². The summed E-state index contributed by atoms with van der Waals surface area (Å²) in [4.78, 5) is 0. The van der Waals surface area contributed by atoms with Crippen molar-refractivity contribution in [1.82, 2.24) is 9.78 Å². The number of halogens is 2. The first-order valence-corrected chi connectivity index (χ1v) is 7.29. The van der Waals surface area contributed by atoms with E-state index in [2.05, 4.69) is 5.10 Å². The molecule has 17 heavy (non-hydrogen) atoms. The van der Waals surface area contributed by atoms with Gasteiger partial charge in [-0.1, -0.05) is 0 Å². The van der Waals surface area contributed by atoms with Gasteiger partial charge in [-0.3, -0.25) is 0 Å². The van der Waals surface area contributed by atoms with Crippen molar-refractivity contribution in [3.8, 4) is 5.69 Å². The van der Waals surface area contributed by atoms with E-state index in [1.54, 1.807) is 23.1 Å². The van der Waals surface area contributed by atoms with E-state index in [9.17, 15) is 5.21 Å². The van der Waals surface area contributed by atoms with Crippen molar-refractivity contribution in [2.75, 3.05) is 0 Å². The van der Waals surface area contributed by atoms with Crippen LogP contribution < -0.4 is 24.9 Å². The summed E-state index contributed by atoms with van der Waals surface area (Å²) >= 11 is 5.14. The molecule has 0 spiro atoms. The van der Waals surface area contributed by atoms with Gasteiger partial charge in [0, 0.05) is 0 Å². The average Bonchev–Trinajstić information content (AvgIpc) is 2.68. The molecule has 0 bridgehead atoms. The molecule has 0 aliphatic heterocycles. The molecule has 0 saturated heterocycles. The Labute approximate surface area is 114 Å². The van der Waals surface area contributed by atoms with E-state index in [1.807, 2.05) is 19.1 Å². The van der Waals surface area contributed by atoms with Crippen LogP contribution in [0.3, 0.4) is 0 Å². The van der Waals surface area contributed by atoms with Gasteiger partial charge in [0.2, 0.25) is 0 Å². The van der Waals surface area contributed by atoms with Crippen molar-refractivity contribution in [2.24, 2.45) is 0 Å². The Morgan fingerprint density at radius 1 is 1.53 bits per heavy atom. The molecule has 0 aliphatic rings. The molecular weight excluding hydrogens is 356 g/mol. The zero-order chi connectivity index (χ0) is 12.4. The second-order valence-corrected chi connectivity index (χ2v) is 6.47. The Kier molecular flexibility index (Phi) is 4.00. The number of hydrogen-bond donors (Lipinski definition) is 2. The predicted octanol–water partition coefficient (Wildman–Crippen LogP) is -2.22. The summed E-state index contributed by atoms with van der Waals surface area (Å²) in [7, 11) is 0. The van der Waals surface area contributed by atoms with Gasteiger partial charge in [-0.05, 0) is 0 Å². The van der Waals surface area contributed by atoms with E-state index in [-0.39, 0.29) is 0 Å². The van der Waals surface area contributed by atoms with E-state index in [0.29, 0.717) is 5.02 Å². The van der Waals surface area contributed by atoms with Crippen LogP contribution in [0.4, 0.5) is 0 Å². The van der Waals surface area contributed by atoms with Gasteiger partial charge in [-0.25, -0.2) is 0 Å². The molecule has 2 rings (SSSR count). The molecular formula is C10H10ClIN3O2-. The molecule has 0 saturated carbocycles. The summed E-state index contributed by atoms with van der Waals surface area (Å²) in [6.07, 6.45) is 3.48. The maximum absolute atomic E-state index is 10.7. The molecule has 1 atom stereocenters. The van der Waals surface area contributed by atoms with Crippen LogP contribution in [-0.2, 0) is 0 Å². The molecule has 2 aromatic rings. The standard InChI is InChI=1S/C10H10ClIN3O2/c1-7-5-8(12-15(16)17)6-9(11)10(7)14-4-2-3-13-14/h2-6,15-16H,1H3/q-1. The molecule has 0 radical (unpaired) electrons. The Balaban J connectivity index is 2.43. The fourth-order valence-corrected chi connectivity index (χ4v) is 3.69. The SMILES string of the molecule is Cc1cc([I-][NH+]([O-])O)cc(Cl)c1-n1cccn1. The van der Waals surface area contributed by atoms with E-state index in [4.69, 9.17) is 16.8 Å². The molecule has 2 N–H and O–H groups in total. The Morgan fingerprint density at radius 3 is 2.82 bits per heavy atom. The van der Waals surface area contributed by atoms with Gasteiger partial charge in [0.15, 0.2) is 0 Å². The molecule has 1 unspecified atom stereocenters. The van der Waals surface area contributed by atoms with Gasteiger partial charge in [0.05, 0.1) is 0 Å². The first-order chi connectivity index (χ1) is 8.08. The average molecular weight is 367 g/mol. The number of hydrogen-bond acceptors (Lipinski definition) is 3. The van der Waals surface area contributed by atoms with Crippen molar-refractivity contribution in [3.63, 3.8) is 0 Å². The third-order valence-electron chi connectivity index (χ3n) is 2.14. The quantitative estimate of drug-likeness (QED) is 0.367. The summed E-state index contributed by atoms with van der Waals surface area (Å²) in [6, 6.07) is 5.39. The predicted molar refractivity (Wildman–Crippen MR) is 58.1 cm³/mol. The monoisotopic (exact) mass is 366 g/mol. The zero-order valence-corrected chi connectivity index (χ0v) is 11.8. The van der Waals surface area contributed by atoms with Crippen LogP contribution in [0.15, 0.2) is 30.6 Å². The van der Waals surface area contributed by atoms with Crippen LogP contribution >= 0.6 is 11.6 Å². The zero-order valence-electron chi connectivity index (χ0n) is 8.89. The topological polar surface area (TPSA) is 65.6 Å². The van der Waals surface area contributed by atoms with Crippen LogP contribution in [-0.4, -0.2) is 15.0 Å². The Morgan fingerprint density at radius 2 is 2.29 bits per heavy atom. The van der Waals surface area contributed by atoms with Crippen LogP contribution in [0.25, 0.3) is 5.69 Å². The number of aromatic nitrogens is 2. The summed E-state index contributed by atoms with van der Waals surface area (Å²) in [5.74, 6) is 0. The van der Waals surface area contributed by atoms with Gasteiger partial charge in [-0.15, -0.1) is 0 Å². The summed E-state index contributed by atoms with van der Waals surface area (Å²) in [5.41, 5.74) is 1.73. The fourth-order valence-electron chi connectivity index (χ4n) is 1.53. The van der Waals surface area contributed by atoms with Gasteiger partial charge >= 0.3 is 114 Å². The summed E-state index contributed by atoms with van der Waals surface area (Å²) in [5, 5.41) is 24.1. The second-order valence-electron chi connectivity index (χ2n) is 3.35. The van der Waals surface area contributed by atoms with E-state index in [0.717, 1.165) is 14.8 Å². The maximum atomic E-state index is 10.7. The van der Waals surface area contributed by atoms with Crippen molar-refractivity contribution >= 4 is 11.6 Å². The number of rotatable bonds is 3. The first-order valence-electron chi connectivity index (χ1n) is 4.76. The molecule has 1 aromatic carbocycles. The second kappa shape index (κ2) is 5.32. The number of quaternary nitrogens is 1. The Bertz CT molecular complexity index is 493. The number of nitrogens with one attached hydrogen (secondary N) is 1. The molecule has 1 heterocycles. The third-order valence-corrected chi connectivity index (χ3v) is 4.14. The summed E-state index contributed by atoms with van der Waals surface area (Å²) in [6.45, 7) is 1.90.